The van der Waals surface area contributed by atoms with Crippen LogP contribution in [-0.2, 0) is 6.42 Å². The number of alkyl halides is 1. The Kier molecular flexibility index (Phi) is 3.26. The SMILES string of the molecule is ClCCCc1nc2c(Cl)cccc2s1. The molecule has 0 bridgehead atoms. The molecule has 1 aromatic carbocycles. The summed E-state index contributed by atoms with van der Waals surface area (Å²) in [6.45, 7) is 0. The predicted molar refractivity (Wildman–Crippen MR) is 63.7 cm³/mol. The summed E-state index contributed by atoms with van der Waals surface area (Å²) in [5.74, 6) is 0.684. The maximum Gasteiger partial charge on any atom is 0.100 e. The maximum absolute atomic E-state index is 6.02. The van der Waals surface area contributed by atoms with Gasteiger partial charge in [-0.1, -0.05) is 17.7 Å². The second-order valence-electron chi connectivity index (χ2n) is 2.99. The molecule has 14 heavy (non-hydrogen) atoms. The van der Waals surface area contributed by atoms with E-state index in [-0.39, 0.29) is 0 Å². The molecule has 0 aliphatic heterocycles. The molecule has 4 heteroatoms. The molecule has 0 fully saturated rings. The van der Waals surface area contributed by atoms with Crippen molar-refractivity contribution < 1.29 is 0 Å². The summed E-state index contributed by atoms with van der Waals surface area (Å²) in [5, 5.41) is 1.85. The summed E-state index contributed by atoms with van der Waals surface area (Å²) in [5.41, 5.74) is 0.920. The lowest BCUT2D eigenvalue weighted by molar-refractivity contribution is 0.919. The first-order valence-electron chi connectivity index (χ1n) is 4.41. The minimum Gasteiger partial charge on any atom is -0.240 e. The highest BCUT2D eigenvalue weighted by Gasteiger charge is 2.05. The smallest absolute Gasteiger partial charge is 0.100 e. The molecule has 2 rings (SSSR count). The first-order valence-corrected chi connectivity index (χ1v) is 6.14. The first-order chi connectivity index (χ1) is 6.81. The molecule has 0 saturated carbocycles. The van der Waals surface area contributed by atoms with Crippen molar-refractivity contribution in [1.82, 2.24) is 4.98 Å². The number of hydrogen-bond acceptors (Lipinski definition) is 2. The Morgan fingerprint density at radius 1 is 1.36 bits per heavy atom. The van der Waals surface area contributed by atoms with E-state index in [1.165, 1.54) is 0 Å². The third-order valence-electron chi connectivity index (χ3n) is 1.94. The Hall–Kier alpha value is -0.310. The van der Waals surface area contributed by atoms with Crippen LogP contribution in [0, 0.1) is 0 Å². The average molecular weight is 246 g/mol. The number of aryl methyl sites for hydroxylation is 1. The van der Waals surface area contributed by atoms with Crippen molar-refractivity contribution in [2.24, 2.45) is 0 Å². The third-order valence-corrected chi connectivity index (χ3v) is 3.59. The van der Waals surface area contributed by atoms with Crippen LogP contribution in [0.1, 0.15) is 11.4 Å². The van der Waals surface area contributed by atoms with Gasteiger partial charge in [-0.25, -0.2) is 4.98 Å². The van der Waals surface area contributed by atoms with Gasteiger partial charge in [0.1, 0.15) is 5.52 Å². The number of nitrogens with zero attached hydrogens (tertiary/aromatic N) is 1. The maximum atomic E-state index is 6.02. The number of benzene rings is 1. The van der Waals surface area contributed by atoms with Gasteiger partial charge < -0.3 is 0 Å². The van der Waals surface area contributed by atoms with Gasteiger partial charge in [0.15, 0.2) is 0 Å². The van der Waals surface area contributed by atoms with Gasteiger partial charge in [-0.2, -0.15) is 0 Å². The third kappa shape index (κ3) is 2.02. The summed E-state index contributed by atoms with van der Waals surface area (Å²) in [7, 11) is 0. The molecular formula is C10H9Cl2NS. The molecule has 0 aliphatic rings. The molecule has 0 atom stereocenters. The zero-order valence-corrected chi connectivity index (χ0v) is 9.79. The molecule has 1 aromatic heterocycles. The average Bonchev–Trinajstić information content (AvgIpc) is 2.59. The van der Waals surface area contributed by atoms with Crippen LogP contribution in [0.25, 0.3) is 10.2 Å². The van der Waals surface area contributed by atoms with E-state index in [1.54, 1.807) is 11.3 Å². The summed E-state index contributed by atoms with van der Waals surface area (Å²) in [4.78, 5) is 4.48. The van der Waals surface area contributed by atoms with Crippen LogP contribution in [0.15, 0.2) is 18.2 Å². The van der Waals surface area contributed by atoms with Crippen molar-refractivity contribution in [2.45, 2.75) is 12.8 Å². The van der Waals surface area contributed by atoms with E-state index < -0.39 is 0 Å². The van der Waals surface area contributed by atoms with Crippen LogP contribution >= 0.6 is 34.5 Å². The second kappa shape index (κ2) is 4.47. The molecule has 74 valence electrons. The monoisotopic (exact) mass is 245 g/mol. The molecule has 0 N–H and O–H groups in total. The van der Waals surface area contributed by atoms with Crippen molar-refractivity contribution in [3.05, 3.63) is 28.2 Å². The lowest BCUT2D eigenvalue weighted by Crippen LogP contribution is -1.83. The molecule has 0 saturated heterocycles. The van der Waals surface area contributed by atoms with Crippen LogP contribution < -0.4 is 0 Å². The normalized spacial score (nSPS) is 11.0. The van der Waals surface area contributed by atoms with E-state index in [2.05, 4.69) is 4.98 Å². The molecule has 1 heterocycles. The number of fused-ring (bicyclic) bond motifs is 1. The molecule has 0 amide bonds. The van der Waals surface area contributed by atoms with Crippen molar-refractivity contribution in [2.75, 3.05) is 5.88 Å². The fourth-order valence-corrected chi connectivity index (χ4v) is 2.73. The molecule has 0 aliphatic carbocycles. The van der Waals surface area contributed by atoms with Crippen LogP contribution in [0.2, 0.25) is 5.02 Å². The van der Waals surface area contributed by atoms with Crippen LogP contribution in [0.4, 0.5) is 0 Å². The molecule has 0 radical (unpaired) electrons. The molecule has 0 spiro atoms. The highest BCUT2D eigenvalue weighted by molar-refractivity contribution is 7.18. The van der Waals surface area contributed by atoms with Crippen LogP contribution in [0.5, 0.6) is 0 Å². The van der Waals surface area contributed by atoms with Gasteiger partial charge in [-0.15, -0.1) is 22.9 Å². The van der Waals surface area contributed by atoms with E-state index in [4.69, 9.17) is 23.2 Å². The van der Waals surface area contributed by atoms with Gasteiger partial charge in [0, 0.05) is 12.3 Å². The van der Waals surface area contributed by atoms with Gasteiger partial charge in [0.05, 0.1) is 14.7 Å². The summed E-state index contributed by atoms with van der Waals surface area (Å²) in [6, 6.07) is 5.87. The van der Waals surface area contributed by atoms with Gasteiger partial charge in [-0.05, 0) is 18.6 Å². The van der Waals surface area contributed by atoms with Crippen molar-refractivity contribution in [1.29, 1.82) is 0 Å². The van der Waals surface area contributed by atoms with E-state index in [9.17, 15) is 0 Å². The van der Waals surface area contributed by atoms with E-state index >= 15 is 0 Å². The summed E-state index contributed by atoms with van der Waals surface area (Å²) >= 11 is 13.4. The molecular weight excluding hydrogens is 237 g/mol. The Labute approximate surface area is 96.7 Å². The quantitative estimate of drug-likeness (QED) is 0.742. The van der Waals surface area contributed by atoms with Crippen molar-refractivity contribution >= 4 is 44.8 Å². The Bertz CT molecular complexity index is 439. The Balaban J connectivity index is 2.36. The Morgan fingerprint density at radius 2 is 2.21 bits per heavy atom. The summed E-state index contributed by atoms with van der Waals surface area (Å²) in [6.07, 6.45) is 1.91. The van der Waals surface area contributed by atoms with Crippen molar-refractivity contribution in [3.8, 4) is 0 Å². The van der Waals surface area contributed by atoms with Crippen LogP contribution in [-0.4, -0.2) is 10.9 Å². The number of rotatable bonds is 3. The number of para-hydroxylation sites is 1. The fraction of sp³-hybridized carbons (Fsp3) is 0.300. The highest BCUT2D eigenvalue weighted by Crippen LogP contribution is 2.28. The first kappa shape index (κ1) is 10.2. The highest BCUT2D eigenvalue weighted by atomic mass is 35.5. The van der Waals surface area contributed by atoms with E-state index in [0.29, 0.717) is 5.88 Å². The zero-order valence-electron chi connectivity index (χ0n) is 7.46. The number of aromatic nitrogens is 1. The van der Waals surface area contributed by atoms with Gasteiger partial charge in [0.2, 0.25) is 0 Å². The number of hydrogen-bond donors (Lipinski definition) is 0. The van der Waals surface area contributed by atoms with Crippen LogP contribution in [0.3, 0.4) is 0 Å². The second-order valence-corrected chi connectivity index (χ2v) is 4.89. The lowest BCUT2D eigenvalue weighted by atomic mass is 10.3. The number of halogens is 2. The van der Waals surface area contributed by atoms with Gasteiger partial charge >= 0.3 is 0 Å². The Morgan fingerprint density at radius 3 is 2.93 bits per heavy atom. The standard InChI is InChI=1S/C10H9Cl2NS/c11-6-2-5-9-13-10-7(12)3-1-4-8(10)14-9/h1,3-4H,2,5-6H2. The predicted octanol–water partition coefficient (Wildman–Crippen LogP) is 4.12. The topological polar surface area (TPSA) is 12.9 Å². The largest absolute Gasteiger partial charge is 0.240 e. The minimum absolute atomic E-state index is 0.684. The molecule has 0 unspecified atom stereocenters. The minimum atomic E-state index is 0.684. The van der Waals surface area contributed by atoms with E-state index in [1.807, 2.05) is 18.2 Å². The fourth-order valence-electron chi connectivity index (χ4n) is 1.29. The zero-order chi connectivity index (χ0) is 9.97. The number of thiazole rings is 1. The van der Waals surface area contributed by atoms with E-state index in [0.717, 1.165) is 33.1 Å². The lowest BCUT2D eigenvalue weighted by Gasteiger charge is -1.89. The van der Waals surface area contributed by atoms with Gasteiger partial charge in [0.25, 0.3) is 0 Å². The molecule has 1 nitrogen and oxygen atoms in total. The molecule has 2 aromatic rings. The van der Waals surface area contributed by atoms with Crippen molar-refractivity contribution in [3.63, 3.8) is 0 Å². The summed E-state index contributed by atoms with van der Waals surface area (Å²) < 4.78 is 1.15. The van der Waals surface area contributed by atoms with Gasteiger partial charge in [-0.3, -0.25) is 0 Å².